The van der Waals surface area contributed by atoms with Crippen LogP contribution >= 0.6 is 34.5 Å². The fourth-order valence-corrected chi connectivity index (χ4v) is 2.99. The van der Waals surface area contributed by atoms with Gasteiger partial charge >= 0.3 is 0 Å². The van der Waals surface area contributed by atoms with E-state index in [4.69, 9.17) is 27.9 Å². The van der Waals surface area contributed by atoms with Gasteiger partial charge in [-0.15, -0.1) is 22.9 Å². The van der Waals surface area contributed by atoms with E-state index in [0.29, 0.717) is 23.3 Å². The molecule has 20 heavy (non-hydrogen) atoms. The Morgan fingerprint density at radius 3 is 2.95 bits per heavy atom. The maximum absolute atomic E-state index is 6.15. The lowest BCUT2D eigenvalue weighted by atomic mass is 10.2. The van der Waals surface area contributed by atoms with Gasteiger partial charge in [-0.25, -0.2) is 4.98 Å². The number of halogens is 2. The van der Waals surface area contributed by atoms with Crippen molar-refractivity contribution >= 4 is 45.4 Å². The summed E-state index contributed by atoms with van der Waals surface area (Å²) >= 11 is 13.4. The maximum Gasteiger partial charge on any atom is 0.146 e. The molecule has 3 aromatic rings. The number of pyridine rings is 1. The highest BCUT2D eigenvalue weighted by molar-refractivity contribution is 7.09. The number of ether oxygens (including phenoxy) is 1. The van der Waals surface area contributed by atoms with Gasteiger partial charge in [0.05, 0.1) is 16.6 Å². The molecule has 0 saturated carbocycles. The molecule has 3 nitrogen and oxygen atoms in total. The van der Waals surface area contributed by atoms with Crippen LogP contribution in [0, 0.1) is 0 Å². The smallest absolute Gasteiger partial charge is 0.146 e. The lowest BCUT2D eigenvalue weighted by Crippen LogP contribution is -1.96. The van der Waals surface area contributed by atoms with E-state index < -0.39 is 0 Å². The standard InChI is InChI=1S/C14H10Cl2N2OS/c15-6-9-8-20-13(18-9)7-19-12-4-3-11(16)10-2-1-5-17-14(10)12/h1-5,8H,6-7H2. The number of fused-ring (bicyclic) bond motifs is 1. The van der Waals surface area contributed by atoms with Gasteiger partial charge in [-0.2, -0.15) is 0 Å². The molecule has 0 bridgehead atoms. The molecule has 0 aliphatic heterocycles. The van der Waals surface area contributed by atoms with Gasteiger partial charge in [0.15, 0.2) is 0 Å². The Bertz CT molecular complexity index is 745. The fourth-order valence-electron chi connectivity index (χ4n) is 1.84. The highest BCUT2D eigenvalue weighted by atomic mass is 35.5. The molecule has 0 spiro atoms. The third-order valence-corrected chi connectivity index (χ3v) is 4.24. The summed E-state index contributed by atoms with van der Waals surface area (Å²) in [7, 11) is 0. The van der Waals surface area contributed by atoms with Crippen molar-refractivity contribution in [2.75, 3.05) is 0 Å². The second-order valence-electron chi connectivity index (χ2n) is 4.10. The summed E-state index contributed by atoms with van der Waals surface area (Å²) in [5, 5.41) is 4.37. The van der Waals surface area contributed by atoms with Crippen LogP contribution in [0.25, 0.3) is 10.9 Å². The number of rotatable bonds is 4. The molecule has 0 amide bonds. The van der Waals surface area contributed by atoms with E-state index >= 15 is 0 Å². The molecule has 0 aliphatic carbocycles. The molecule has 0 radical (unpaired) electrons. The SMILES string of the molecule is ClCc1csc(COc2ccc(Cl)c3cccnc23)n1. The predicted molar refractivity (Wildman–Crippen MR) is 82.8 cm³/mol. The number of benzene rings is 1. The summed E-state index contributed by atoms with van der Waals surface area (Å²) in [5.74, 6) is 1.12. The van der Waals surface area contributed by atoms with Gasteiger partial charge in [0.1, 0.15) is 22.9 Å². The molecular formula is C14H10Cl2N2OS. The average molecular weight is 325 g/mol. The average Bonchev–Trinajstić information content (AvgIpc) is 2.95. The Morgan fingerprint density at radius 1 is 1.25 bits per heavy atom. The van der Waals surface area contributed by atoms with Crippen LogP contribution in [0.4, 0.5) is 0 Å². The second kappa shape index (κ2) is 5.95. The van der Waals surface area contributed by atoms with Crippen molar-refractivity contribution in [3.63, 3.8) is 0 Å². The van der Waals surface area contributed by atoms with E-state index in [1.807, 2.05) is 29.6 Å². The van der Waals surface area contributed by atoms with Crippen molar-refractivity contribution in [2.24, 2.45) is 0 Å². The molecule has 3 rings (SSSR count). The minimum atomic E-state index is 0.398. The van der Waals surface area contributed by atoms with Crippen molar-refractivity contribution in [1.82, 2.24) is 9.97 Å². The van der Waals surface area contributed by atoms with Crippen LogP contribution < -0.4 is 4.74 Å². The van der Waals surface area contributed by atoms with Crippen molar-refractivity contribution in [3.8, 4) is 5.75 Å². The summed E-state index contributed by atoms with van der Waals surface area (Å²) in [5.41, 5.74) is 1.63. The van der Waals surface area contributed by atoms with E-state index in [-0.39, 0.29) is 0 Å². The second-order valence-corrected chi connectivity index (χ2v) is 5.72. The lowest BCUT2D eigenvalue weighted by molar-refractivity contribution is 0.308. The molecule has 0 aliphatic rings. The van der Waals surface area contributed by atoms with Crippen LogP contribution in [0.3, 0.4) is 0 Å². The molecule has 6 heteroatoms. The van der Waals surface area contributed by atoms with Crippen LogP contribution in [-0.2, 0) is 12.5 Å². The zero-order valence-electron chi connectivity index (χ0n) is 10.3. The largest absolute Gasteiger partial charge is 0.484 e. The summed E-state index contributed by atoms with van der Waals surface area (Å²) in [6.07, 6.45) is 1.72. The Balaban J connectivity index is 1.86. The normalized spacial score (nSPS) is 10.9. The zero-order chi connectivity index (χ0) is 13.9. The summed E-state index contributed by atoms with van der Waals surface area (Å²) in [6, 6.07) is 7.42. The first-order valence-electron chi connectivity index (χ1n) is 5.93. The predicted octanol–water partition coefficient (Wildman–Crippen LogP) is 4.66. The molecular weight excluding hydrogens is 315 g/mol. The molecule has 0 atom stereocenters. The lowest BCUT2D eigenvalue weighted by Gasteiger charge is -2.08. The van der Waals surface area contributed by atoms with E-state index in [2.05, 4.69) is 9.97 Å². The molecule has 0 N–H and O–H groups in total. The van der Waals surface area contributed by atoms with E-state index in [1.165, 1.54) is 11.3 Å². The fraction of sp³-hybridized carbons (Fsp3) is 0.143. The topological polar surface area (TPSA) is 35.0 Å². The molecule has 0 unspecified atom stereocenters. The van der Waals surface area contributed by atoms with Gasteiger partial charge in [0, 0.05) is 17.0 Å². The van der Waals surface area contributed by atoms with E-state index in [9.17, 15) is 0 Å². The highest BCUT2D eigenvalue weighted by Crippen LogP contribution is 2.30. The summed E-state index contributed by atoms with van der Waals surface area (Å²) in [6.45, 7) is 0.398. The third-order valence-electron chi connectivity index (χ3n) is 2.77. The molecule has 102 valence electrons. The third kappa shape index (κ3) is 2.73. The zero-order valence-corrected chi connectivity index (χ0v) is 12.7. The molecule has 0 saturated heterocycles. The molecule has 2 heterocycles. The Kier molecular flexibility index (Phi) is 4.05. The number of aromatic nitrogens is 2. The van der Waals surface area contributed by atoms with Crippen molar-refractivity contribution in [2.45, 2.75) is 12.5 Å². The van der Waals surface area contributed by atoms with Crippen molar-refractivity contribution < 1.29 is 4.74 Å². The van der Waals surface area contributed by atoms with Gasteiger partial charge in [0.25, 0.3) is 0 Å². The minimum absolute atomic E-state index is 0.398. The van der Waals surface area contributed by atoms with Crippen LogP contribution in [0.5, 0.6) is 5.75 Å². The van der Waals surface area contributed by atoms with Gasteiger partial charge in [-0.1, -0.05) is 11.6 Å². The molecule has 2 aromatic heterocycles. The van der Waals surface area contributed by atoms with Crippen LogP contribution in [-0.4, -0.2) is 9.97 Å². The van der Waals surface area contributed by atoms with Gasteiger partial charge < -0.3 is 4.74 Å². The number of alkyl halides is 1. The van der Waals surface area contributed by atoms with Gasteiger partial charge in [0.2, 0.25) is 0 Å². The van der Waals surface area contributed by atoms with Crippen molar-refractivity contribution in [1.29, 1.82) is 0 Å². The Morgan fingerprint density at radius 2 is 2.15 bits per heavy atom. The number of nitrogens with zero attached hydrogens (tertiary/aromatic N) is 2. The number of thiazole rings is 1. The van der Waals surface area contributed by atoms with Gasteiger partial charge in [-0.05, 0) is 24.3 Å². The first-order chi connectivity index (χ1) is 9.78. The van der Waals surface area contributed by atoms with Crippen LogP contribution in [0.2, 0.25) is 5.02 Å². The van der Waals surface area contributed by atoms with Crippen LogP contribution in [0.1, 0.15) is 10.7 Å². The monoisotopic (exact) mass is 324 g/mol. The first-order valence-corrected chi connectivity index (χ1v) is 7.72. The summed E-state index contributed by atoms with van der Waals surface area (Å²) in [4.78, 5) is 8.68. The number of hydrogen-bond acceptors (Lipinski definition) is 4. The number of hydrogen-bond donors (Lipinski definition) is 0. The first kappa shape index (κ1) is 13.6. The quantitative estimate of drug-likeness (QED) is 0.654. The molecule has 0 fully saturated rings. The van der Waals surface area contributed by atoms with Crippen molar-refractivity contribution in [3.05, 3.63) is 51.6 Å². The Hall–Kier alpha value is -1.36. The Labute approximate surface area is 130 Å². The summed E-state index contributed by atoms with van der Waals surface area (Å²) < 4.78 is 5.80. The van der Waals surface area contributed by atoms with Crippen LogP contribution in [0.15, 0.2) is 35.8 Å². The highest BCUT2D eigenvalue weighted by Gasteiger charge is 2.08. The maximum atomic E-state index is 6.15. The minimum Gasteiger partial charge on any atom is -0.484 e. The van der Waals surface area contributed by atoms with Gasteiger partial charge in [-0.3, -0.25) is 4.98 Å². The van der Waals surface area contributed by atoms with E-state index in [1.54, 1.807) is 6.20 Å². The molecule has 1 aromatic carbocycles. The van der Waals surface area contributed by atoms with E-state index in [0.717, 1.165) is 21.6 Å².